The molecule has 1 aliphatic carbocycles. The van der Waals surface area contributed by atoms with Gasteiger partial charge in [0.05, 0.1) is 13.1 Å². The minimum absolute atomic E-state index is 0.0256. The van der Waals surface area contributed by atoms with Gasteiger partial charge in [0.25, 0.3) is 0 Å². The quantitative estimate of drug-likeness (QED) is 0.727. The number of rotatable bonds is 9. The van der Waals surface area contributed by atoms with Gasteiger partial charge in [-0.1, -0.05) is 24.6 Å². The predicted molar refractivity (Wildman–Crippen MR) is 95.8 cm³/mol. The van der Waals surface area contributed by atoms with Crippen LogP contribution >= 0.6 is 11.6 Å². The Bertz CT molecular complexity index is 602. The van der Waals surface area contributed by atoms with E-state index in [0.717, 1.165) is 19.3 Å². The Hall–Kier alpha value is -1.66. The molecule has 0 aliphatic heterocycles. The minimum Gasteiger partial charge on any atom is -0.355 e. The lowest BCUT2D eigenvalue weighted by atomic mass is 10.2. The molecule has 7 heteroatoms. The van der Waals surface area contributed by atoms with E-state index >= 15 is 0 Å². The third kappa shape index (κ3) is 5.97. The van der Waals surface area contributed by atoms with Crippen LogP contribution in [0.2, 0.25) is 5.02 Å². The Kier molecular flexibility index (Phi) is 7.20. The number of amides is 2. The fourth-order valence-corrected chi connectivity index (χ4v) is 2.78. The van der Waals surface area contributed by atoms with Crippen LogP contribution in [0, 0.1) is 5.82 Å². The highest BCUT2D eigenvalue weighted by molar-refractivity contribution is 6.31. The van der Waals surface area contributed by atoms with Crippen LogP contribution < -0.4 is 5.32 Å². The molecular formula is C18H25ClFN3O2. The molecule has 1 N–H and O–H groups in total. The van der Waals surface area contributed by atoms with Crippen LogP contribution in [0.3, 0.4) is 0 Å². The summed E-state index contributed by atoms with van der Waals surface area (Å²) < 4.78 is 14.0. The molecule has 5 nitrogen and oxygen atoms in total. The molecule has 0 aromatic heterocycles. The maximum Gasteiger partial charge on any atom is 0.239 e. The average molecular weight is 370 g/mol. The summed E-state index contributed by atoms with van der Waals surface area (Å²) in [5.41, 5.74) is 0.409. The zero-order chi connectivity index (χ0) is 18.4. The largest absolute Gasteiger partial charge is 0.355 e. The van der Waals surface area contributed by atoms with E-state index in [-0.39, 0.29) is 43.3 Å². The molecule has 0 radical (unpaired) electrons. The molecule has 2 rings (SSSR count). The molecule has 2 amide bonds. The van der Waals surface area contributed by atoms with Gasteiger partial charge in [-0.15, -0.1) is 0 Å². The highest BCUT2D eigenvalue weighted by Gasteiger charge is 2.32. The smallest absolute Gasteiger partial charge is 0.239 e. The van der Waals surface area contributed by atoms with Crippen molar-refractivity contribution in [2.45, 2.75) is 38.8 Å². The van der Waals surface area contributed by atoms with Crippen molar-refractivity contribution in [2.75, 3.05) is 26.7 Å². The number of hydrogen-bond acceptors (Lipinski definition) is 3. The van der Waals surface area contributed by atoms with E-state index < -0.39 is 0 Å². The zero-order valence-corrected chi connectivity index (χ0v) is 15.5. The molecule has 0 saturated heterocycles. The number of benzene rings is 1. The molecule has 1 aliphatic rings. The van der Waals surface area contributed by atoms with E-state index in [2.05, 4.69) is 5.32 Å². The number of carbonyl (C=O) groups excluding carboxylic acids is 2. The first kappa shape index (κ1) is 19.7. The summed E-state index contributed by atoms with van der Waals surface area (Å²) in [5.74, 6) is -0.697. The number of nitrogens with zero attached hydrogens (tertiary/aromatic N) is 2. The summed E-state index contributed by atoms with van der Waals surface area (Å²) in [5, 5.41) is 3.11. The van der Waals surface area contributed by atoms with Crippen molar-refractivity contribution in [1.29, 1.82) is 0 Å². The van der Waals surface area contributed by atoms with Gasteiger partial charge in [-0.2, -0.15) is 0 Å². The summed E-state index contributed by atoms with van der Waals surface area (Å²) in [6, 6.07) is 4.85. The van der Waals surface area contributed by atoms with E-state index in [9.17, 15) is 14.0 Å². The third-order valence-corrected chi connectivity index (χ3v) is 4.56. The lowest BCUT2D eigenvalue weighted by Crippen LogP contribution is -2.43. The van der Waals surface area contributed by atoms with Crippen molar-refractivity contribution >= 4 is 23.4 Å². The summed E-state index contributed by atoms with van der Waals surface area (Å²) in [6.07, 6.45) is 2.82. The maximum absolute atomic E-state index is 14.0. The number of carbonyl (C=O) groups is 2. The van der Waals surface area contributed by atoms with Crippen molar-refractivity contribution in [2.24, 2.45) is 0 Å². The molecule has 1 aromatic rings. The topological polar surface area (TPSA) is 52.7 Å². The van der Waals surface area contributed by atoms with Gasteiger partial charge >= 0.3 is 0 Å². The predicted octanol–water partition coefficient (Wildman–Crippen LogP) is 2.43. The second-order valence-electron chi connectivity index (χ2n) is 6.44. The fourth-order valence-electron chi connectivity index (χ4n) is 2.56. The standard InChI is InChI=1S/C18H25ClFN3O2/c1-3-9-21-17(24)11-22(2)18(25)12-23(13-7-8-13)10-14-15(19)5-4-6-16(14)20/h4-6,13H,3,7-12H2,1-2H3,(H,21,24). The highest BCUT2D eigenvalue weighted by atomic mass is 35.5. The van der Waals surface area contributed by atoms with Crippen molar-refractivity contribution < 1.29 is 14.0 Å². The molecular weight excluding hydrogens is 345 g/mol. The van der Waals surface area contributed by atoms with Crippen LogP contribution in [0.5, 0.6) is 0 Å². The molecule has 0 unspecified atom stereocenters. The van der Waals surface area contributed by atoms with E-state index in [0.29, 0.717) is 17.1 Å². The van der Waals surface area contributed by atoms with Gasteiger partial charge in [0, 0.05) is 36.8 Å². The van der Waals surface area contributed by atoms with Crippen molar-refractivity contribution in [1.82, 2.24) is 15.1 Å². The monoisotopic (exact) mass is 369 g/mol. The first-order valence-corrected chi connectivity index (χ1v) is 8.97. The van der Waals surface area contributed by atoms with Crippen molar-refractivity contribution in [3.05, 3.63) is 34.6 Å². The average Bonchev–Trinajstić information content (AvgIpc) is 3.40. The lowest BCUT2D eigenvalue weighted by molar-refractivity contribution is -0.135. The van der Waals surface area contributed by atoms with Gasteiger partial charge in [-0.25, -0.2) is 4.39 Å². The van der Waals surface area contributed by atoms with Crippen LogP contribution in [0.25, 0.3) is 0 Å². The minimum atomic E-state index is -0.363. The van der Waals surface area contributed by atoms with Crippen LogP contribution in [-0.2, 0) is 16.1 Å². The first-order chi connectivity index (χ1) is 11.9. The molecule has 0 spiro atoms. The number of halogens is 2. The number of hydrogen-bond donors (Lipinski definition) is 1. The Morgan fingerprint density at radius 1 is 1.32 bits per heavy atom. The SMILES string of the molecule is CCCNC(=O)CN(C)C(=O)CN(Cc1c(F)cccc1Cl)C1CC1. The Labute approximate surface area is 153 Å². The second kappa shape index (κ2) is 9.15. The Morgan fingerprint density at radius 2 is 2.04 bits per heavy atom. The van der Waals surface area contributed by atoms with Crippen molar-refractivity contribution in [3.8, 4) is 0 Å². The second-order valence-corrected chi connectivity index (χ2v) is 6.84. The van der Waals surface area contributed by atoms with Crippen molar-refractivity contribution in [3.63, 3.8) is 0 Å². The zero-order valence-electron chi connectivity index (χ0n) is 14.7. The van der Waals surface area contributed by atoms with E-state index in [4.69, 9.17) is 11.6 Å². The van der Waals surface area contributed by atoms with Gasteiger partial charge < -0.3 is 10.2 Å². The van der Waals surface area contributed by atoms with E-state index in [1.165, 1.54) is 11.0 Å². The van der Waals surface area contributed by atoms with E-state index in [1.807, 2.05) is 11.8 Å². The molecule has 0 heterocycles. The molecule has 1 fully saturated rings. The normalized spacial score (nSPS) is 13.8. The molecule has 0 atom stereocenters. The van der Waals surface area contributed by atoms with Gasteiger partial charge in [-0.3, -0.25) is 14.5 Å². The lowest BCUT2D eigenvalue weighted by Gasteiger charge is -2.25. The first-order valence-electron chi connectivity index (χ1n) is 8.60. The highest BCUT2D eigenvalue weighted by Crippen LogP contribution is 2.30. The summed E-state index contributed by atoms with van der Waals surface area (Å²) in [7, 11) is 1.61. The molecule has 138 valence electrons. The van der Waals surface area contributed by atoms with Crippen LogP contribution in [0.15, 0.2) is 18.2 Å². The molecule has 0 bridgehead atoms. The number of likely N-dealkylation sites (N-methyl/N-ethyl adjacent to an activating group) is 1. The van der Waals surface area contributed by atoms with Gasteiger partial charge in [0.15, 0.2) is 0 Å². The van der Waals surface area contributed by atoms with E-state index in [1.54, 1.807) is 19.2 Å². The molecule has 1 aromatic carbocycles. The van der Waals surface area contributed by atoms with Crippen LogP contribution in [0.4, 0.5) is 4.39 Å². The molecule has 25 heavy (non-hydrogen) atoms. The van der Waals surface area contributed by atoms with Crippen LogP contribution in [-0.4, -0.2) is 54.3 Å². The Morgan fingerprint density at radius 3 is 2.64 bits per heavy atom. The summed E-state index contributed by atoms with van der Waals surface area (Å²) in [4.78, 5) is 27.5. The summed E-state index contributed by atoms with van der Waals surface area (Å²) >= 11 is 6.10. The fraction of sp³-hybridized carbons (Fsp3) is 0.556. The summed E-state index contributed by atoms with van der Waals surface area (Å²) in [6.45, 7) is 3.03. The molecule has 1 saturated carbocycles. The number of nitrogens with one attached hydrogen (secondary N) is 1. The van der Waals surface area contributed by atoms with Crippen LogP contribution in [0.1, 0.15) is 31.7 Å². The third-order valence-electron chi connectivity index (χ3n) is 4.20. The van der Waals surface area contributed by atoms with Gasteiger partial charge in [0.2, 0.25) is 11.8 Å². The van der Waals surface area contributed by atoms with Gasteiger partial charge in [0.1, 0.15) is 5.82 Å². The Balaban J connectivity index is 1.95. The van der Waals surface area contributed by atoms with Gasteiger partial charge in [-0.05, 0) is 31.4 Å². The maximum atomic E-state index is 14.0.